The van der Waals surface area contributed by atoms with Gasteiger partial charge in [0, 0.05) is 32.7 Å². The van der Waals surface area contributed by atoms with Crippen molar-refractivity contribution < 1.29 is 0 Å². The van der Waals surface area contributed by atoms with Crippen molar-refractivity contribution in [3.63, 3.8) is 0 Å². The van der Waals surface area contributed by atoms with Gasteiger partial charge in [-0.15, -0.1) is 10.2 Å². The minimum absolute atomic E-state index is 0.810. The third-order valence-corrected chi connectivity index (χ3v) is 4.79. The molecule has 1 aliphatic rings. The molecule has 0 aliphatic carbocycles. The molecule has 7 heteroatoms. The first-order chi connectivity index (χ1) is 11.2. The second-order valence-corrected chi connectivity index (χ2v) is 6.24. The summed E-state index contributed by atoms with van der Waals surface area (Å²) in [5.74, 6) is 0. The van der Waals surface area contributed by atoms with E-state index in [4.69, 9.17) is 0 Å². The number of hydrogen-bond donors (Lipinski definition) is 1. The zero-order valence-electron chi connectivity index (χ0n) is 14.4. The summed E-state index contributed by atoms with van der Waals surface area (Å²) in [6.07, 6.45) is 2.79. The summed E-state index contributed by atoms with van der Waals surface area (Å²) in [6, 6.07) is 0. The number of nitrogens with one attached hydrogen (secondary N) is 1. The molecule has 7 nitrogen and oxygen atoms in total. The first-order valence-corrected chi connectivity index (χ1v) is 8.55. The monoisotopic (exact) mass is 317 g/mol. The van der Waals surface area contributed by atoms with Gasteiger partial charge in [-0.1, -0.05) is 6.92 Å². The van der Waals surface area contributed by atoms with Crippen LogP contribution in [0.4, 0.5) is 5.69 Å². The van der Waals surface area contributed by atoms with Crippen molar-refractivity contribution in [2.75, 3.05) is 51.1 Å². The third kappa shape index (κ3) is 3.61. The van der Waals surface area contributed by atoms with Crippen molar-refractivity contribution in [1.29, 1.82) is 0 Å². The zero-order valence-corrected chi connectivity index (χ0v) is 14.4. The molecular weight excluding hydrogens is 290 g/mol. The molecule has 1 aliphatic heterocycles. The molecule has 3 heterocycles. The summed E-state index contributed by atoms with van der Waals surface area (Å²) in [5.41, 5.74) is 4.04. The Morgan fingerprint density at radius 1 is 1.13 bits per heavy atom. The first kappa shape index (κ1) is 16.1. The maximum Gasteiger partial charge on any atom is 0.200 e. The van der Waals surface area contributed by atoms with Gasteiger partial charge in [-0.2, -0.15) is 9.61 Å². The van der Waals surface area contributed by atoms with Gasteiger partial charge in [0.05, 0.1) is 11.4 Å². The van der Waals surface area contributed by atoms with E-state index in [9.17, 15) is 0 Å². The number of nitrogens with zero attached hydrogens (tertiary/aromatic N) is 6. The smallest absolute Gasteiger partial charge is 0.200 e. The average molecular weight is 317 g/mol. The molecule has 126 valence electrons. The SMILES string of the molecule is CCN1CCN(CCCNc2c(C)c(C)nn3cnnc23)CC1. The lowest BCUT2D eigenvalue weighted by Crippen LogP contribution is -2.46. The van der Waals surface area contributed by atoms with Gasteiger partial charge in [-0.05, 0) is 38.9 Å². The molecule has 0 bridgehead atoms. The molecule has 0 spiro atoms. The molecule has 2 aromatic heterocycles. The van der Waals surface area contributed by atoms with Crippen LogP contribution in [0.15, 0.2) is 6.33 Å². The van der Waals surface area contributed by atoms with E-state index in [2.05, 4.69) is 44.3 Å². The van der Waals surface area contributed by atoms with Crippen LogP contribution in [0.1, 0.15) is 24.6 Å². The van der Waals surface area contributed by atoms with Crippen LogP contribution in [0.2, 0.25) is 0 Å². The van der Waals surface area contributed by atoms with E-state index in [-0.39, 0.29) is 0 Å². The maximum absolute atomic E-state index is 4.45. The van der Waals surface area contributed by atoms with E-state index >= 15 is 0 Å². The Bertz CT molecular complexity index is 643. The van der Waals surface area contributed by atoms with Crippen LogP contribution in [0, 0.1) is 13.8 Å². The quantitative estimate of drug-likeness (QED) is 0.807. The molecule has 0 atom stereocenters. The highest BCUT2D eigenvalue weighted by Crippen LogP contribution is 2.21. The number of hydrogen-bond acceptors (Lipinski definition) is 6. The number of aryl methyl sites for hydroxylation is 1. The van der Waals surface area contributed by atoms with E-state index in [0.717, 1.165) is 42.1 Å². The largest absolute Gasteiger partial charge is 0.382 e. The van der Waals surface area contributed by atoms with Gasteiger partial charge < -0.3 is 15.1 Å². The number of aromatic nitrogens is 4. The molecular formula is C16H27N7. The minimum Gasteiger partial charge on any atom is -0.382 e. The van der Waals surface area contributed by atoms with Crippen LogP contribution in [-0.2, 0) is 0 Å². The van der Waals surface area contributed by atoms with E-state index in [1.165, 1.54) is 32.7 Å². The zero-order chi connectivity index (χ0) is 16.2. The lowest BCUT2D eigenvalue weighted by molar-refractivity contribution is 0.137. The molecule has 1 fully saturated rings. The van der Waals surface area contributed by atoms with E-state index in [0.29, 0.717) is 0 Å². The maximum atomic E-state index is 4.45. The molecule has 1 N–H and O–H groups in total. The summed E-state index contributed by atoms with van der Waals surface area (Å²) in [6.45, 7) is 14.4. The van der Waals surface area contributed by atoms with Crippen molar-refractivity contribution in [1.82, 2.24) is 29.6 Å². The average Bonchev–Trinajstić information content (AvgIpc) is 3.03. The lowest BCUT2D eigenvalue weighted by Gasteiger charge is -2.34. The highest BCUT2D eigenvalue weighted by atomic mass is 15.3. The number of piperazine rings is 1. The number of likely N-dealkylation sites (N-methyl/N-ethyl adjacent to an activating group) is 1. The van der Waals surface area contributed by atoms with Crippen molar-refractivity contribution in [3.05, 3.63) is 17.6 Å². The predicted molar refractivity (Wildman–Crippen MR) is 91.9 cm³/mol. The van der Waals surface area contributed by atoms with Gasteiger partial charge in [0.2, 0.25) is 5.65 Å². The number of fused-ring (bicyclic) bond motifs is 1. The molecule has 1 saturated heterocycles. The molecule has 0 amide bonds. The molecule has 0 unspecified atom stereocenters. The number of anilines is 1. The fourth-order valence-corrected chi connectivity index (χ4v) is 3.11. The summed E-state index contributed by atoms with van der Waals surface area (Å²) >= 11 is 0. The van der Waals surface area contributed by atoms with Crippen LogP contribution in [0.5, 0.6) is 0 Å². The standard InChI is InChI=1S/C16H27N7/c1-4-21-8-10-22(11-9-21)7-5-6-17-15-13(2)14(3)20-23-12-18-19-16(15)23/h12,17H,4-11H2,1-3H3. The third-order valence-electron chi connectivity index (χ3n) is 4.79. The van der Waals surface area contributed by atoms with Crippen molar-refractivity contribution >= 4 is 11.3 Å². The Kier molecular flexibility index (Phi) is 5.07. The Balaban J connectivity index is 1.51. The molecule has 3 rings (SSSR count). The van der Waals surface area contributed by atoms with Crippen LogP contribution in [-0.4, -0.2) is 75.4 Å². The summed E-state index contributed by atoms with van der Waals surface area (Å²) in [7, 11) is 0. The minimum atomic E-state index is 0.810. The van der Waals surface area contributed by atoms with E-state index < -0.39 is 0 Å². The molecule has 0 radical (unpaired) electrons. The Labute approximate surface area is 137 Å². The molecule has 2 aromatic rings. The van der Waals surface area contributed by atoms with Gasteiger partial charge in [-0.25, -0.2) is 0 Å². The van der Waals surface area contributed by atoms with Gasteiger partial charge >= 0.3 is 0 Å². The van der Waals surface area contributed by atoms with Crippen molar-refractivity contribution in [2.45, 2.75) is 27.2 Å². The van der Waals surface area contributed by atoms with E-state index in [1.807, 2.05) is 6.92 Å². The van der Waals surface area contributed by atoms with Gasteiger partial charge in [0.15, 0.2) is 0 Å². The summed E-state index contributed by atoms with van der Waals surface area (Å²) < 4.78 is 1.74. The van der Waals surface area contributed by atoms with Crippen LogP contribution in [0.25, 0.3) is 5.65 Å². The highest BCUT2D eigenvalue weighted by Gasteiger charge is 2.15. The fraction of sp³-hybridized carbons (Fsp3) is 0.688. The molecule has 0 aromatic carbocycles. The molecule has 0 saturated carbocycles. The van der Waals surface area contributed by atoms with E-state index in [1.54, 1.807) is 10.8 Å². The summed E-state index contributed by atoms with van der Waals surface area (Å²) in [4.78, 5) is 5.07. The van der Waals surface area contributed by atoms with Crippen molar-refractivity contribution in [3.8, 4) is 0 Å². The van der Waals surface area contributed by atoms with Gasteiger partial charge in [0.25, 0.3) is 0 Å². The van der Waals surface area contributed by atoms with Crippen LogP contribution in [0.3, 0.4) is 0 Å². The van der Waals surface area contributed by atoms with Gasteiger partial charge in [-0.3, -0.25) is 0 Å². The second kappa shape index (κ2) is 7.23. The van der Waals surface area contributed by atoms with Crippen LogP contribution >= 0.6 is 0 Å². The van der Waals surface area contributed by atoms with Gasteiger partial charge in [0.1, 0.15) is 6.33 Å². The molecule has 23 heavy (non-hydrogen) atoms. The Hall–Kier alpha value is -1.73. The number of rotatable bonds is 6. The lowest BCUT2D eigenvalue weighted by atomic mass is 10.2. The van der Waals surface area contributed by atoms with Crippen molar-refractivity contribution in [2.24, 2.45) is 0 Å². The highest BCUT2D eigenvalue weighted by molar-refractivity contribution is 5.71. The first-order valence-electron chi connectivity index (χ1n) is 8.55. The Morgan fingerprint density at radius 2 is 1.87 bits per heavy atom. The topological polar surface area (TPSA) is 61.6 Å². The normalized spacial score (nSPS) is 17.0. The second-order valence-electron chi connectivity index (χ2n) is 6.24. The fourth-order valence-electron chi connectivity index (χ4n) is 3.11. The Morgan fingerprint density at radius 3 is 2.61 bits per heavy atom. The van der Waals surface area contributed by atoms with Crippen LogP contribution < -0.4 is 5.32 Å². The summed E-state index contributed by atoms with van der Waals surface area (Å²) in [5, 5.41) is 16.1. The predicted octanol–water partition coefficient (Wildman–Crippen LogP) is 1.18.